The molecule has 2 aliphatic rings. The lowest BCUT2D eigenvalue weighted by molar-refractivity contribution is -0.124. The number of amides is 1. The van der Waals surface area contributed by atoms with Crippen molar-refractivity contribution in [1.29, 1.82) is 0 Å². The average Bonchev–Trinajstić information content (AvgIpc) is 2.95. The second kappa shape index (κ2) is 9.87. The number of aromatic nitrogens is 1. The number of anilines is 1. The van der Waals surface area contributed by atoms with Crippen molar-refractivity contribution in [3.05, 3.63) is 71.4 Å². The second-order valence-corrected chi connectivity index (χ2v) is 8.35. The Kier molecular flexibility index (Phi) is 7.20. The third-order valence-electron chi connectivity index (χ3n) is 5.28. The SMILES string of the molecule is C/C=C(\CN(C)C(=O)/C=C/c1cnc2c(c1)OC(C)(C)C(O)N2)OC1=C(C)C=CC=CC1. The number of allylic oxidation sites excluding steroid dienone is 6. The Morgan fingerprint density at radius 2 is 2.22 bits per heavy atom. The van der Waals surface area contributed by atoms with Crippen LogP contribution in [0.4, 0.5) is 5.82 Å². The Labute approximate surface area is 189 Å². The van der Waals surface area contributed by atoms with Crippen LogP contribution in [0, 0.1) is 0 Å². The van der Waals surface area contributed by atoms with Crippen molar-refractivity contribution in [2.45, 2.75) is 45.9 Å². The van der Waals surface area contributed by atoms with Gasteiger partial charge in [-0.3, -0.25) is 4.79 Å². The Hall–Kier alpha value is -3.32. The molecule has 7 heteroatoms. The van der Waals surface area contributed by atoms with Crippen molar-refractivity contribution < 1.29 is 19.4 Å². The first kappa shape index (κ1) is 23.3. The van der Waals surface area contributed by atoms with Gasteiger partial charge in [-0.2, -0.15) is 0 Å². The highest BCUT2D eigenvalue weighted by Crippen LogP contribution is 2.34. The number of carbonyl (C=O) groups is 1. The van der Waals surface area contributed by atoms with Crippen molar-refractivity contribution in [2.24, 2.45) is 0 Å². The molecule has 1 aromatic rings. The summed E-state index contributed by atoms with van der Waals surface area (Å²) in [6.45, 7) is 7.83. The van der Waals surface area contributed by atoms with E-state index in [-0.39, 0.29) is 5.91 Å². The van der Waals surface area contributed by atoms with Gasteiger partial charge in [-0.25, -0.2) is 4.98 Å². The number of nitrogens with one attached hydrogen (secondary N) is 1. The Morgan fingerprint density at radius 3 is 2.97 bits per heavy atom. The monoisotopic (exact) mass is 437 g/mol. The molecule has 0 saturated heterocycles. The predicted molar refractivity (Wildman–Crippen MR) is 126 cm³/mol. The molecule has 2 heterocycles. The molecule has 1 aliphatic heterocycles. The van der Waals surface area contributed by atoms with Gasteiger partial charge in [0.25, 0.3) is 0 Å². The summed E-state index contributed by atoms with van der Waals surface area (Å²) in [6, 6.07) is 1.79. The third kappa shape index (κ3) is 5.68. The van der Waals surface area contributed by atoms with Gasteiger partial charge in [-0.1, -0.05) is 24.3 Å². The fourth-order valence-corrected chi connectivity index (χ4v) is 3.16. The molecular formula is C25H31N3O4. The number of likely N-dealkylation sites (N-methyl/N-ethyl adjacent to an activating group) is 1. The van der Waals surface area contributed by atoms with Crippen LogP contribution in [0.1, 0.15) is 39.7 Å². The first-order valence-corrected chi connectivity index (χ1v) is 10.6. The molecule has 7 nitrogen and oxygen atoms in total. The summed E-state index contributed by atoms with van der Waals surface area (Å²) in [6.07, 6.45) is 14.6. The van der Waals surface area contributed by atoms with E-state index in [4.69, 9.17) is 9.47 Å². The number of rotatable bonds is 6. The lowest BCUT2D eigenvalue weighted by Gasteiger charge is -2.37. The number of pyridine rings is 1. The maximum absolute atomic E-state index is 12.6. The van der Waals surface area contributed by atoms with Gasteiger partial charge in [0.05, 0.1) is 6.54 Å². The van der Waals surface area contributed by atoms with Crippen LogP contribution in [0.15, 0.2) is 65.8 Å². The Bertz CT molecular complexity index is 1020. The Balaban J connectivity index is 1.63. The molecule has 170 valence electrons. The van der Waals surface area contributed by atoms with Crippen LogP contribution in [0.25, 0.3) is 6.08 Å². The number of hydrogen-bond acceptors (Lipinski definition) is 6. The summed E-state index contributed by atoms with van der Waals surface area (Å²) < 4.78 is 11.9. The molecule has 0 bridgehead atoms. The first-order valence-electron chi connectivity index (χ1n) is 10.6. The number of ether oxygens (including phenoxy) is 2. The van der Waals surface area contributed by atoms with E-state index in [1.165, 1.54) is 6.08 Å². The Morgan fingerprint density at radius 1 is 1.44 bits per heavy atom. The summed E-state index contributed by atoms with van der Waals surface area (Å²) in [5, 5.41) is 13.0. The summed E-state index contributed by atoms with van der Waals surface area (Å²) in [4.78, 5) is 18.5. The molecule has 1 amide bonds. The number of carbonyl (C=O) groups excluding carboxylic acids is 1. The molecule has 1 aromatic heterocycles. The highest BCUT2D eigenvalue weighted by molar-refractivity contribution is 5.91. The summed E-state index contributed by atoms with van der Waals surface area (Å²) in [5.74, 6) is 2.43. The zero-order valence-electron chi connectivity index (χ0n) is 19.3. The minimum atomic E-state index is -0.855. The van der Waals surface area contributed by atoms with E-state index < -0.39 is 11.8 Å². The largest absolute Gasteiger partial charge is 0.479 e. The fourth-order valence-electron chi connectivity index (χ4n) is 3.16. The zero-order valence-corrected chi connectivity index (χ0v) is 19.3. The maximum atomic E-state index is 12.6. The molecule has 2 N–H and O–H groups in total. The van der Waals surface area contributed by atoms with Crippen LogP contribution in [-0.2, 0) is 9.53 Å². The summed E-state index contributed by atoms with van der Waals surface area (Å²) >= 11 is 0. The number of aliphatic hydroxyl groups excluding tert-OH is 1. The molecule has 0 radical (unpaired) electrons. The van der Waals surface area contributed by atoms with Gasteiger partial charge in [0, 0.05) is 25.7 Å². The molecule has 1 aliphatic carbocycles. The van der Waals surface area contributed by atoms with Crippen molar-refractivity contribution in [3.8, 4) is 5.75 Å². The van der Waals surface area contributed by atoms with Crippen LogP contribution >= 0.6 is 0 Å². The molecule has 1 atom stereocenters. The molecular weight excluding hydrogens is 406 g/mol. The second-order valence-electron chi connectivity index (χ2n) is 8.35. The van der Waals surface area contributed by atoms with Crippen LogP contribution in [0.5, 0.6) is 5.75 Å². The fraction of sp³-hybridized carbons (Fsp3) is 0.360. The average molecular weight is 438 g/mol. The first-order chi connectivity index (χ1) is 15.2. The van der Waals surface area contributed by atoms with Crippen LogP contribution in [-0.4, -0.2) is 46.3 Å². The van der Waals surface area contributed by atoms with E-state index >= 15 is 0 Å². The molecule has 0 fully saturated rings. The lowest BCUT2D eigenvalue weighted by Crippen LogP contribution is -2.49. The normalized spacial score (nSPS) is 19.8. The third-order valence-corrected chi connectivity index (χ3v) is 5.28. The van der Waals surface area contributed by atoms with E-state index in [1.54, 1.807) is 44.1 Å². The molecule has 3 rings (SSSR count). The highest BCUT2D eigenvalue weighted by Gasteiger charge is 2.36. The predicted octanol–water partition coefficient (Wildman–Crippen LogP) is 4.17. The van der Waals surface area contributed by atoms with Gasteiger partial charge in [0.15, 0.2) is 17.8 Å². The molecule has 1 unspecified atom stereocenters. The minimum Gasteiger partial charge on any atom is -0.479 e. The van der Waals surface area contributed by atoms with Gasteiger partial charge < -0.3 is 24.8 Å². The number of hydrogen-bond donors (Lipinski definition) is 2. The van der Waals surface area contributed by atoms with Crippen LogP contribution < -0.4 is 10.1 Å². The van der Waals surface area contributed by atoms with Crippen LogP contribution in [0.3, 0.4) is 0 Å². The van der Waals surface area contributed by atoms with Crippen molar-refractivity contribution in [2.75, 3.05) is 18.9 Å². The van der Waals surface area contributed by atoms with Gasteiger partial charge >= 0.3 is 0 Å². The molecule has 32 heavy (non-hydrogen) atoms. The number of fused-ring (bicyclic) bond motifs is 1. The van der Waals surface area contributed by atoms with Gasteiger partial charge in [-0.05, 0) is 57.0 Å². The van der Waals surface area contributed by atoms with Crippen molar-refractivity contribution in [1.82, 2.24) is 9.88 Å². The van der Waals surface area contributed by atoms with E-state index in [9.17, 15) is 9.90 Å². The minimum absolute atomic E-state index is 0.160. The van der Waals surface area contributed by atoms with Crippen molar-refractivity contribution in [3.63, 3.8) is 0 Å². The molecule has 0 spiro atoms. The molecule has 0 saturated carbocycles. The number of nitrogens with zero attached hydrogens (tertiary/aromatic N) is 2. The standard InChI is InChI=1S/C25H31N3O4/c1-6-19(31-20-11-9-7-8-10-17(20)2)16-28(5)22(29)13-12-18-14-21-23(26-15-18)27-24(30)25(3,4)32-21/h6-10,12-15,24,30H,11,16H2,1-5H3,(H,26,27)/b13-12+,19-6+. The number of aliphatic hydroxyl groups is 1. The van der Waals surface area contributed by atoms with Crippen molar-refractivity contribution >= 4 is 17.8 Å². The zero-order chi connectivity index (χ0) is 23.3. The van der Waals surface area contributed by atoms with E-state index in [2.05, 4.69) is 10.3 Å². The smallest absolute Gasteiger partial charge is 0.246 e. The topological polar surface area (TPSA) is 83.9 Å². The summed E-state index contributed by atoms with van der Waals surface area (Å²) in [7, 11) is 1.73. The van der Waals surface area contributed by atoms with Gasteiger partial charge in [-0.15, -0.1) is 0 Å². The van der Waals surface area contributed by atoms with Gasteiger partial charge in [0.1, 0.15) is 17.1 Å². The summed E-state index contributed by atoms with van der Waals surface area (Å²) in [5.41, 5.74) is 1.00. The quantitative estimate of drug-likeness (QED) is 0.513. The molecule has 0 aromatic carbocycles. The highest BCUT2D eigenvalue weighted by atomic mass is 16.5. The lowest BCUT2D eigenvalue weighted by atomic mass is 10.1. The van der Waals surface area contributed by atoms with E-state index in [0.717, 1.165) is 16.9 Å². The maximum Gasteiger partial charge on any atom is 0.246 e. The van der Waals surface area contributed by atoms with Crippen LogP contribution in [0.2, 0.25) is 0 Å². The van der Waals surface area contributed by atoms with Gasteiger partial charge in [0.2, 0.25) is 5.91 Å². The van der Waals surface area contributed by atoms with E-state index in [1.807, 2.05) is 44.2 Å². The van der Waals surface area contributed by atoms with E-state index in [0.29, 0.717) is 30.3 Å².